The van der Waals surface area contributed by atoms with Crippen molar-refractivity contribution in [2.24, 2.45) is 0 Å². The number of benzene rings is 2. The van der Waals surface area contributed by atoms with Gasteiger partial charge in [-0.2, -0.15) is 5.21 Å². The summed E-state index contributed by atoms with van der Waals surface area (Å²) in [6, 6.07) is 13.0. The van der Waals surface area contributed by atoms with Gasteiger partial charge in [0.15, 0.2) is 5.52 Å². The molecule has 4 rings (SSSR count). The minimum atomic E-state index is -1.01. The second-order valence-corrected chi connectivity index (χ2v) is 6.35. The van der Waals surface area contributed by atoms with Gasteiger partial charge >= 0.3 is 5.97 Å². The summed E-state index contributed by atoms with van der Waals surface area (Å²) in [6.07, 6.45) is 2.63. The Morgan fingerprint density at radius 2 is 2.00 bits per heavy atom. The van der Waals surface area contributed by atoms with Gasteiger partial charge in [0.1, 0.15) is 11.6 Å². The Balaban J connectivity index is 1.78. The highest BCUT2D eigenvalue weighted by molar-refractivity contribution is 5.86. The molecule has 0 spiro atoms. The molecule has 0 fully saturated rings. The van der Waals surface area contributed by atoms with E-state index in [0.717, 1.165) is 22.8 Å². The van der Waals surface area contributed by atoms with Gasteiger partial charge in [-0.15, -0.1) is 10.2 Å². The Morgan fingerprint density at radius 3 is 2.80 bits per heavy atom. The monoisotopic (exact) mass is 403 g/mol. The predicted octanol–water partition coefficient (Wildman–Crippen LogP) is 2.87. The van der Waals surface area contributed by atoms with Gasteiger partial charge in [-0.3, -0.25) is 4.79 Å². The van der Waals surface area contributed by atoms with Gasteiger partial charge in [-0.25, -0.2) is 9.78 Å². The lowest BCUT2D eigenvalue weighted by atomic mass is 10.0. The number of ether oxygens (including phenoxy) is 1. The number of nitrogens with one attached hydrogen (secondary N) is 2. The van der Waals surface area contributed by atoms with Crippen molar-refractivity contribution in [3.8, 4) is 28.3 Å². The molecule has 0 bridgehead atoms. The van der Waals surface area contributed by atoms with E-state index in [1.807, 2.05) is 49.4 Å². The molecule has 0 amide bonds. The van der Waals surface area contributed by atoms with Crippen LogP contribution in [0, 0.1) is 0 Å². The molecule has 0 saturated heterocycles. The Kier molecular flexibility index (Phi) is 5.08. The minimum absolute atomic E-state index is 0.138. The van der Waals surface area contributed by atoms with Crippen molar-refractivity contribution in [1.82, 2.24) is 25.4 Å². The maximum atomic E-state index is 12.2. The summed E-state index contributed by atoms with van der Waals surface area (Å²) in [5.74, 6) is -0.129. The number of fused-ring (bicyclic) bond motifs is 1. The van der Waals surface area contributed by atoms with Gasteiger partial charge in [0.25, 0.3) is 5.56 Å². The number of aromatic amines is 2. The van der Waals surface area contributed by atoms with Crippen LogP contribution in [0.5, 0.6) is 5.75 Å². The molecule has 0 saturated carbocycles. The first-order chi connectivity index (χ1) is 14.5. The van der Waals surface area contributed by atoms with Crippen molar-refractivity contribution in [3.05, 3.63) is 64.5 Å². The van der Waals surface area contributed by atoms with E-state index in [9.17, 15) is 9.59 Å². The molecule has 2 aromatic carbocycles. The lowest BCUT2D eigenvalue weighted by Gasteiger charge is -2.12. The molecule has 0 aliphatic carbocycles. The van der Waals surface area contributed by atoms with E-state index in [1.165, 1.54) is 6.08 Å². The zero-order valence-corrected chi connectivity index (χ0v) is 15.9. The third-order valence-electron chi connectivity index (χ3n) is 4.37. The molecular weight excluding hydrogens is 386 g/mol. The molecular formula is C21H17N5O4. The van der Waals surface area contributed by atoms with E-state index in [-0.39, 0.29) is 11.2 Å². The van der Waals surface area contributed by atoms with Crippen LogP contribution in [0.25, 0.3) is 39.8 Å². The van der Waals surface area contributed by atoms with E-state index < -0.39 is 11.5 Å². The number of hydrogen-bond acceptors (Lipinski definition) is 6. The fraction of sp³-hybridized carbons (Fsp3) is 0.0952. The number of aromatic nitrogens is 5. The lowest BCUT2D eigenvalue weighted by Crippen LogP contribution is -2.10. The molecule has 150 valence electrons. The normalized spacial score (nSPS) is 11.2. The molecule has 0 aliphatic heterocycles. The van der Waals surface area contributed by atoms with Crippen molar-refractivity contribution < 1.29 is 14.6 Å². The van der Waals surface area contributed by atoms with Crippen LogP contribution in [0.3, 0.4) is 0 Å². The van der Waals surface area contributed by atoms with Crippen LogP contribution in [0.15, 0.2) is 53.3 Å². The maximum Gasteiger partial charge on any atom is 0.328 e. The van der Waals surface area contributed by atoms with Crippen molar-refractivity contribution >= 4 is 23.2 Å². The van der Waals surface area contributed by atoms with Crippen molar-refractivity contribution in [2.75, 3.05) is 6.61 Å². The molecule has 9 heteroatoms. The first-order valence-corrected chi connectivity index (χ1v) is 9.14. The van der Waals surface area contributed by atoms with Gasteiger partial charge < -0.3 is 14.8 Å². The third-order valence-corrected chi connectivity index (χ3v) is 4.37. The van der Waals surface area contributed by atoms with Crippen molar-refractivity contribution in [3.63, 3.8) is 0 Å². The number of H-pyrrole nitrogens is 2. The van der Waals surface area contributed by atoms with E-state index in [0.29, 0.717) is 23.7 Å². The zero-order chi connectivity index (χ0) is 21.1. The van der Waals surface area contributed by atoms with Crippen LogP contribution in [-0.2, 0) is 4.79 Å². The van der Waals surface area contributed by atoms with E-state index in [1.54, 1.807) is 0 Å². The average Bonchev–Trinajstić information content (AvgIpc) is 3.22. The molecule has 3 N–H and O–H groups in total. The van der Waals surface area contributed by atoms with Crippen LogP contribution in [-0.4, -0.2) is 43.1 Å². The Hall–Kier alpha value is -4.27. The highest BCUT2D eigenvalue weighted by atomic mass is 16.5. The molecule has 4 aromatic rings. The van der Waals surface area contributed by atoms with Gasteiger partial charge in [0.2, 0.25) is 5.65 Å². The number of carboxylic acids is 1. The molecule has 9 nitrogen and oxygen atoms in total. The van der Waals surface area contributed by atoms with Crippen molar-refractivity contribution in [1.29, 1.82) is 0 Å². The summed E-state index contributed by atoms with van der Waals surface area (Å²) in [5, 5.41) is 18.9. The Labute approximate surface area is 170 Å². The van der Waals surface area contributed by atoms with Gasteiger partial charge in [0, 0.05) is 6.08 Å². The summed E-state index contributed by atoms with van der Waals surface area (Å²) in [6.45, 7) is 2.29. The third kappa shape index (κ3) is 3.81. The van der Waals surface area contributed by atoms with Crippen LogP contribution >= 0.6 is 0 Å². The number of carbonyl (C=O) groups is 1. The second kappa shape index (κ2) is 8.00. The first-order valence-electron chi connectivity index (χ1n) is 9.14. The van der Waals surface area contributed by atoms with Gasteiger partial charge in [0.05, 0.1) is 12.2 Å². The van der Waals surface area contributed by atoms with Crippen LogP contribution in [0.2, 0.25) is 0 Å². The largest absolute Gasteiger partial charge is 0.493 e. The SMILES string of the molecule is CCOc1cc(-c2cccc(C=CC(=O)O)c2)ccc1-c1nc2n[nH]nc2c(=O)[nH]1. The second-order valence-electron chi connectivity index (χ2n) is 6.35. The fourth-order valence-electron chi connectivity index (χ4n) is 3.05. The topological polar surface area (TPSA) is 134 Å². The smallest absolute Gasteiger partial charge is 0.328 e. The molecule has 2 aromatic heterocycles. The summed E-state index contributed by atoms with van der Waals surface area (Å²) < 4.78 is 5.80. The van der Waals surface area contributed by atoms with E-state index in [2.05, 4.69) is 25.4 Å². The van der Waals surface area contributed by atoms with E-state index in [4.69, 9.17) is 9.84 Å². The summed E-state index contributed by atoms with van der Waals surface area (Å²) in [4.78, 5) is 30.1. The highest BCUT2D eigenvalue weighted by Gasteiger charge is 2.14. The summed E-state index contributed by atoms with van der Waals surface area (Å²) in [7, 11) is 0. The van der Waals surface area contributed by atoms with Crippen LogP contribution < -0.4 is 10.3 Å². The summed E-state index contributed by atoms with van der Waals surface area (Å²) >= 11 is 0. The molecule has 0 aliphatic rings. The Bertz CT molecular complexity index is 1320. The molecule has 0 radical (unpaired) electrons. The first kappa shape index (κ1) is 19.1. The quantitative estimate of drug-likeness (QED) is 0.421. The standard InChI is InChI=1S/C21H17N5O4/c1-2-30-16-11-14(13-5-3-4-12(10-13)6-9-17(27)28)7-8-15(16)19-22-20-18(21(29)23-19)24-26-25-20/h3-11H,2H2,1H3,(H,27,28)(H2,22,23,24,25,26,29). The van der Waals surface area contributed by atoms with Crippen LogP contribution in [0.1, 0.15) is 12.5 Å². The van der Waals surface area contributed by atoms with Gasteiger partial charge in [-0.1, -0.05) is 24.3 Å². The highest BCUT2D eigenvalue weighted by Crippen LogP contribution is 2.33. The molecule has 30 heavy (non-hydrogen) atoms. The summed E-state index contributed by atoms with van der Waals surface area (Å²) in [5.41, 5.74) is 3.11. The molecule has 0 atom stereocenters. The van der Waals surface area contributed by atoms with E-state index >= 15 is 0 Å². The predicted molar refractivity (Wildman–Crippen MR) is 111 cm³/mol. The number of nitrogens with zero attached hydrogens (tertiary/aromatic N) is 3. The lowest BCUT2D eigenvalue weighted by molar-refractivity contribution is -0.131. The average molecular weight is 403 g/mol. The number of aliphatic carboxylic acids is 1. The fourth-order valence-corrected chi connectivity index (χ4v) is 3.05. The van der Waals surface area contributed by atoms with Crippen LogP contribution in [0.4, 0.5) is 0 Å². The Morgan fingerprint density at radius 1 is 1.17 bits per heavy atom. The zero-order valence-electron chi connectivity index (χ0n) is 15.9. The maximum absolute atomic E-state index is 12.2. The van der Waals surface area contributed by atoms with Gasteiger partial charge in [-0.05, 0) is 47.9 Å². The number of carboxylic acid groups (broad SMARTS) is 1. The minimum Gasteiger partial charge on any atom is -0.493 e. The number of hydrogen-bond donors (Lipinski definition) is 3. The molecule has 0 unspecified atom stereocenters. The number of rotatable bonds is 6. The van der Waals surface area contributed by atoms with Crippen molar-refractivity contribution in [2.45, 2.75) is 6.92 Å². The molecule has 2 heterocycles.